The summed E-state index contributed by atoms with van der Waals surface area (Å²) in [6.45, 7) is 5.00. The molecular formula is C9H17N3O4S. The van der Waals surface area contributed by atoms with E-state index < -0.39 is 16.3 Å². The van der Waals surface area contributed by atoms with E-state index in [1.165, 1.54) is 0 Å². The molecule has 0 unspecified atom stereocenters. The number of amides is 1. The van der Waals surface area contributed by atoms with Crippen LogP contribution in [0.4, 0.5) is 4.79 Å². The van der Waals surface area contributed by atoms with Crippen LogP contribution < -0.4 is 4.72 Å². The van der Waals surface area contributed by atoms with Gasteiger partial charge in [0.1, 0.15) is 0 Å². The first kappa shape index (κ1) is 15.7. The molecule has 0 bridgehead atoms. The van der Waals surface area contributed by atoms with E-state index in [0.29, 0.717) is 0 Å². The minimum absolute atomic E-state index is 0.0307. The summed E-state index contributed by atoms with van der Waals surface area (Å²) >= 11 is 0. The fraction of sp³-hybridized carbons (Fsp3) is 0.778. The van der Waals surface area contributed by atoms with Crippen LogP contribution in [0.15, 0.2) is 0 Å². The highest BCUT2D eigenvalue weighted by Crippen LogP contribution is 2.06. The molecule has 8 heteroatoms. The van der Waals surface area contributed by atoms with Crippen molar-refractivity contribution in [2.24, 2.45) is 0 Å². The van der Waals surface area contributed by atoms with E-state index in [1.807, 2.05) is 6.07 Å². The number of carbonyl (C=O) groups is 1. The van der Waals surface area contributed by atoms with Gasteiger partial charge >= 0.3 is 16.3 Å². The second-order valence-electron chi connectivity index (χ2n) is 3.44. The van der Waals surface area contributed by atoms with Gasteiger partial charge in [-0.1, -0.05) is 0 Å². The molecule has 0 saturated heterocycles. The maximum atomic E-state index is 11.8. The van der Waals surface area contributed by atoms with Crippen molar-refractivity contribution >= 4 is 16.3 Å². The summed E-state index contributed by atoms with van der Waals surface area (Å²) in [4.78, 5) is 11.1. The number of hydrogen-bond acceptors (Lipinski definition) is 5. The lowest BCUT2D eigenvalue weighted by molar-refractivity contribution is 0.158. The Morgan fingerprint density at radius 2 is 2.12 bits per heavy atom. The molecule has 0 heterocycles. The van der Waals surface area contributed by atoms with Crippen molar-refractivity contribution < 1.29 is 17.9 Å². The second kappa shape index (κ2) is 7.09. The van der Waals surface area contributed by atoms with E-state index in [1.54, 1.807) is 25.5 Å². The fourth-order valence-electron chi connectivity index (χ4n) is 1.14. The van der Waals surface area contributed by atoms with Gasteiger partial charge in [-0.3, -0.25) is 0 Å². The first-order valence-corrected chi connectivity index (χ1v) is 6.62. The summed E-state index contributed by atoms with van der Waals surface area (Å²) in [6, 6.07) is 1.50. The van der Waals surface area contributed by atoms with Gasteiger partial charge in [0.15, 0.2) is 0 Å². The van der Waals surface area contributed by atoms with Crippen LogP contribution in [0, 0.1) is 11.3 Å². The number of nitriles is 1. The lowest BCUT2D eigenvalue weighted by Gasteiger charge is -2.24. The van der Waals surface area contributed by atoms with Crippen molar-refractivity contribution in [3.8, 4) is 6.07 Å². The SMILES string of the molecule is CCOC(=O)NS(=O)(=O)N(CCC#N)C(C)C. The standard InChI is InChI=1S/C9H17N3O4S/c1-4-16-9(13)11-17(14,15)12(8(2)3)7-5-6-10/h8H,4-5,7H2,1-3H3,(H,11,13). The molecule has 0 spiro atoms. The Labute approximate surface area is 102 Å². The summed E-state index contributed by atoms with van der Waals surface area (Å²) in [5.74, 6) is 0. The summed E-state index contributed by atoms with van der Waals surface area (Å²) in [6.07, 6.45) is -0.961. The topological polar surface area (TPSA) is 99.5 Å². The van der Waals surface area contributed by atoms with Crippen molar-refractivity contribution in [3.05, 3.63) is 0 Å². The number of rotatable bonds is 6. The minimum Gasteiger partial charge on any atom is -0.449 e. The van der Waals surface area contributed by atoms with Crippen molar-refractivity contribution in [2.45, 2.75) is 33.2 Å². The summed E-state index contributed by atoms with van der Waals surface area (Å²) in [5.41, 5.74) is 0. The third kappa shape index (κ3) is 5.51. The van der Waals surface area contributed by atoms with Crippen LogP contribution in [-0.4, -0.2) is 38.0 Å². The molecule has 1 amide bonds. The highest BCUT2D eigenvalue weighted by molar-refractivity contribution is 7.87. The van der Waals surface area contributed by atoms with Crippen LogP contribution in [0.3, 0.4) is 0 Å². The van der Waals surface area contributed by atoms with E-state index in [0.717, 1.165) is 4.31 Å². The first-order chi connectivity index (χ1) is 7.85. The van der Waals surface area contributed by atoms with Crippen LogP contribution in [0.1, 0.15) is 27.2 Å². The average Bonchev–Trinajstić information content (AvgIpc) is 2.16. The van der Waals surface area contributed by atoms with Crippen LogP contribution in [0.2, 0.25) is 0 Å². The largest absolute Gasteiger partial charge is 0.449 e. The van der Waals surface area contributed by atoms with E-state index in [4.69, 9.17) is 5.26 Å². The number of carbonyl (C=O) groups excluding carboxylic acids is 1. The van der Waals surface area contributed by atoms with Gasteiger partial charge < -0.3 is 4.74 Å². The van der Waals surface area contributed by atoms with Crippen LogP contribution in [-0.2, 0) is 14.9 Å². The van der Waals surface area contributed by atoms with Gasteiger partial charge in [0.25, 0.3) is 0 Å². The van der Waals surface area contributed by atoms with Gasteiger partial charge in [-0.15, -0.1) is 0 Å². The van der Waals surface area contributed by atoms with Gasteiger partial charge in [0.05, 0.1) is 12.7 Å². The monoisotopic (exact) mass is 263 g/mol. The van der Waals surface area contributed by atoms with Crippen LogP contribution >= 0.6 is 0 Å². The molecule has 1 N–H and O–H groups in total. The Morgan fingerprint density at radius 1 is 1.53 bits per heavy atom. The van der Waals surface area contributed by atoms with Gasteiger partial charge in [0, 0.05) is 19.0 Å². The molecule has 98 valence electrons. The Bertz CT molecular complexity index is 386. The van der Waals surface area contributed by atoms with Gasteiger partial charge in [-0.25, -0.2) is 9.52 Å². The zero-order valence-corrected chi connectivity index (χ0v) is 11.0. The first-order valence-electron chi connectivity index (χ1n) is 5.18. The average molecular weight is 263 g/mol. The summed E-state index contributed by atoms with van der Waals surface area (Å²) in [5, 5.41) is 8.45. The molecule has 7 nitrogen and oxygen atoms in total. The third-order valence-electron chi connectivity index (χ3n) is 1.82. The minimum atomic E-state index is -3.96. The molecule has 0 rings (SSSR count). The normalized spacial score (nSPS) is 11.3. The molecule has 0 aliphatic rings. The number of ether oxygens (including phenoxy) is 1. The lowest BCUT2D eigenvalue weighted by Crippen LogP contribution is -2.47. The maximum Gasteiger partial charge on any atom is 0.421 e. The molecule has 0 aromatic rings. The highest BCUT2D eigenvalue weighted by atomic mass is 32.2. The lowest BCUT2D eigenvalue weighted by atomic mass is 10.3. The number of nitrogens with zero attached hydrogens (tertiary/aromatic N) is 2. The molecule has 0 aromatic heterocycles. The van der Waals surface area contributed by atoms with Crippen LogP contribution in [0.25, 0.3) is 0 Å². The van der Waals surface area contributed by atoms with Crippen molar-refractivity contribution in [1.29, 1.82) is 5.26 Å². The van der Waals surface area contributed by atoms with Crippen molar-refractivity contribution in [3.63, 3.8) is 0 Å². The predicted octanol–water partition coefficient (Wildman–Crippen LogP) is 0.601. The molecule has 0 atom stereocenters. The molecular weight excluding hydrogens is 246 g/mol. The van der Waals surface area contributed by atoms with Gasteiger partial charge in [0.2, 0.25) is 0 Å². The smallest absolute Gasteiger partial charge is 0.421 e. The van der Waals surface area contributed by atoms with E-state index in [9.17, 15) is 13.2 Å². The van der Waals surface area contributed by atoms with Crippen molar-refractivity contribution in [2.75, 3.05) is 13.2 Å². The third-order valence-corrected chi connectivity index (χ3v) is 3.46. The Hall–Kier alpha value is -1.33. The molecule has 0 aromatic carbocycles. The van der Waals surface area contributed by atoms with Gasteiger partial charge in [-0.2, -0.15) is 18.0 Å². The molecule has 0 aliphatic carbocycles. The van der Waals surface area contributed by atoms with E-state index in [-0.39, 0.29) is 25.6 Å². The Balaban J connectivity index is 4.73. The zero-order valence-electron chi connectivity index (χ0n) is 10.1. The van der Waals surface area contributed by atoms with E-state index in [2.05, 4.69) is 4.74 Å². The Kier molecular flexibility index (Phi) is 6.53. The van der Waals surface area contributed by atoms with Gasteiger partial charge in [-0.05, 0) is 20.8 Å². The molecule has 0 radical (unpaired) electrons. The predicted molar refractivity (Wildman–Crippen MR) is 61.1 cm³/mol. The highest BCUT2D eigenvalue weighted by Gasteiger charge is 2.26. The number of nitrogens with one attached hydrogen (secondary N) is 1. The summed E-state index contributed by atoms with van der Waals surface area (Å²) < 4.78 is 30.8. The van der Waals surface area contributed by atoms with Crippen molar-refractivity contribution in [1.82, 2.24) is 9.03 Å². The molecule has 17 heavy (non-hydrogen) atoms. The molecule has 0 saturated carbocycles. The number of hydrogen-bond donors (Lipinski definition) is 1. The molecule has 0 aliphatic heterocycles. The fourth-order valence-corrected chi connectivity index (χ4v) is 2.41. The second-order valence-corrected chi connectivity index (χ2v) is 5.06. The van der Waals surface area contributed by atoms with Crippen LogP contribution in [0.5, 0.6) is 0 Å². The summed E-state index contributed by atoms with van der Waals surface area (Å²) in [7, 11) is -3.96. The maximum absolute atomic E-state index is 11.8. The quantitative estimate of drug-likeness (QED) is 0.756. The zero-order chi connectivity index (χ0) is 13.5. The Morgan fingerprint density at radius 3 is 2.53 bits per heavy atom. The van der Waals surface area contributed by atoms with E-state index >= 15 is 0 Å². The molecule has 0 fully saturated rings.